The van der Waals surface area contributed by atoms with E-state index in [1.165, 1.54) is 6.07 Å². The van der Waals surface area contributed by atoms with Crippen LogP contribution >= 0.6 is 40.4 Å². The summed E-state index contributed by atoms with van der Waals surface area (Å²) in [6.07, 6.45) is 0.397. The molecule has 0 saturated heterocycles. The third-order valence-electron chi connectivity index (χ3n) is 5.47. The van der Waals surface area contributed by atoms with Crippen LogP contribution in [-0.2, 0) is 6.16 Å². The molecule has 0 heterocycles. The van der Waals surface area contributed by atoms with E-state index in [4.69, 9.17) is 34.4 Å². The van der Waals surface area contributed by atoms with Crippen LogP contribution in [0.1, 0.15) is 5.56 Å². The molecule has 0 unspecified atom stereocenters. The van der Waals surface area contributed by atoms with Gasteiger partial charge in [-0.3, -0.25) is 0 Å². The molecular weight excluding hydrogens is 454 g/mol. The zero-order chi connectivity index (χ0) is 21.2. The molecule has 0 fully saturated rings. The number of phenolic OH excluding ortho intramolecular Hbond substituents is 1. The van der Waals surface area contributed by atoms with Crippen LogP contribution in [0.5, 0.6) is 5.75 Å². The number of benzene rings is 4. The summed E-state index contributed by atoms with van der Waals surface area (Å²) >= 11 is 20.5. The van der Waals surface area contributed by atoms with Gasteiger partial charge in [0.1, 0.15) is 0 Å². The van der Waals surface area contributed by atoms with Gasteiger partial charge < -0.3 is 0 Å². The summed E-state index contributed by atoms with van der Waals surface area (Å²) in [6.45, 7) is 0. The Balaban J connectivity index is 2.11. The summed E-state index contributed by atoms with van der Waals surface area (Å²) in [7, 11) is 0. The van der Waals surface area contributed by atoms with Crippen molar-refractivity contribution in [1.82, 2.24) is 0 Å². The summed E-state index contributed by atoms with van der Waals surface area (Å²) in [4.78, 5) is 0. The van der Waals surface area contributed by atoms with Gasteiger partial charge in [0.25, 0.3) is 0 Å². The molecule has 0 atom stereocenters. The number of rotatable bonds is 5. The van der Waals surface area contributed by atoms with Crippen molar-refractivity contribution in [2.75, 3.05) is 0 Å². The molecule has 0 aliphatic heterocycles. The molecule has 30 heavy (non-hydrogen) atoms. The normalized spacial score (nSPS) is 12.8. The second-order valence-corrected chi connectivity index (χ2v) is 14.5. The summed E-state index contributed by atoms with van der Waals surface area (Å²) in [6, 6.07) is 33.6. The van der Waals surface area contributed by atoms with Gasteiger partial charge in [-0.15, -0.1) is 0 Å². The van der Waals surface area contributed by atoms with Crippen LogP contribution < -0.4 is 15.9 Å². The van der Waals surface area contributed by atoms with Crippen LogP contribution in [0.4, 0.5) is 0 Å². The molecule has 1 nitrogen and oxygen atoms in total. The standard InChI is InChI=1S/C25H20Cl3OP/c26-23-16-19(25(29)17-24(23)27)18-30(28,20-10-4-1-5-11-20,21-12-6-2-7-13-21)22-14-8-3-9-15-22/h1-17,29H,18H2. The molecule has 0 aliphatic rings. The Bertz CT molecular complexity index is 1070. The molecule has 4 aromatic rings. The Morgan fingerprint density at radius 1 is 0.600 bits per heavy atom. The first kappa shape index (κ1) is 21.2. The zero-order valence-corrected chi connectivity index (χ0v) is 19.2. The topological polar surface area (TPSA) is 20.2 Å². The minimum absolute atomic E-state index is 0.0850. The van der Waals surface area contributed by atoms with E-state index in [1.807, 2.05) is 54.6 Å². The molecule has 0 saturated carbocycles. The molecule has 0 bridgehead atoms. The van der Waals surface area contributed by atoms with Gasteiger partial charge in [-0.25, -0.2) is 0 Å². The fraction of sp³-hybridized carbons (Fsp3) is 0.0400. The molecule has 0 spiro atoms. The van der Waals surface area contributed by atoms with Crippen molar-refractivity contribution < 1.29 is 5.11 Å². The summed E-state index contributed by atoms with van der Waals surface area (Å²) in [5.41, 5.74) is 0.661. The van der Waals surface area contributed by atoms with Crippen LogP contribution in [0, 0.1) is 0 Å². The SMILES string of the molecule is Oc1cc(Cl)c(Cl)cc1CP(Cl)(c1ccccc1)(c1ccccc1)c1ccccc1. The van der Waals surface area contributed by atoms with Crippen molar-refractivity contribution in [1.29, 1.82) is 0 Å². The molecule has 5 heteroatoms. The Labute approximate surface area is 191 Å². The maximum absolute atomic E-state index is 10.8. The van der Waals surface area contributed by atoms with Crippen molar-refractivity contribution in [3.63, 3.8) is 0 Å². The predicted molar refractivity (Wildman–Crippen MR) is 133 cm³/mol. The third kappa shape index (κ3) is 3.51. The average Bonchev–Trinajstić information content (AvgIpc) is 2.79. The van der Waals surface area contributed by atoms with Gasteiger partial charge in [0.15, 0.2) is 0 Å². The molecule has 4 aromatic carbocycles. The number of hydrogen-bond donors (Lipinski definition) is 1. The molecule has 0 aliphatic carbocycles. The predicted octanol–water partition coefficient (Wildman–Crippen LogP) is 6.88. The zero-order valence-electron chi connectivity index (χ0n) is 16.1. The quantitative estimate of drug-likeness (QED) is 0.313. The number of phenols is 1. The van der Waals surface area contributed by atoms with E-state index in [9.17, 15) is 5.11 Å². The molecule has 0 amide bonds. The number of aromatic hydroxyl groups is 1. The van der Waals surface area contributed by atoms with E-state index in [0.717, 1.165) is 15.9 Å². The molecular formula is C25H20Cl3OP. The van der Waals surface area contributed by atoms with Crippen molar-refractivity contribution in [2.45, 2.75) is 6.16 Å². The Hall–Kier alpha value is -2.02. The molecule has 152 valence electrons. The van der Waals surface area contributed by atoms with Crippen molar-refractivity contribution in [3.8, 4) is 5.75 Å². The van der Waals surface area contributed by atoms with Gasteiger partial charge >= 0.3 is 192 Å². The van der Waals surface area contributed by atoms with Crippen LogP contribution in [0.15, 0.2) is 103 Å². The van der Waals surface area contributed by atoms with E-state index >= 15 is 0 Å². The van der Waals surface area contributed by atoms with Gasteiger partial charge in [0.05, 0.1) is 0 Å². The van der Waals surface area contributed by atoms with Crippen LogP contribution in [-0.4, -0.2) is 5.11 Å². The van der Waals surface area contributed by atoms with Gasteiger partial charge in [-0.05, 0) is 0 Å². The Morgan fingerprint density at radius 3 is 1.37 bits per heavy atom. The Kier molecular flexibility index (Phi) is 5.84. The molecule has 0 aromatic heterocycles. The van der Waals surface area contributed by atoms with Gasteiger partial charge in [-0.2, -0.15) is 0 Å². The fourth-order valence-electron chi connectivity index (χ4n) is 3.96. The number of halogens is 3. The fourth-order valence-corrected chi connectivity index (χ4v) is 10.4. The van der Waals surface area contributed by atoms with Gasteiger partial charge in [0, 0.05) is 0 Å². The second kappa shape index (κ2) is 8.25. The first-order valence-corrected chi connectivity index (χ1v) is 13.6. The molecule has 0 radical (unpaired) electrons. The van der Waals surface area contributed by atoms with Crippen molar-refractivity contribution in [2.24, 2.45) is 0 Å². The van der Waals surface area contributed by atoms with Crippen LogP contribution in [0.2, 0.25) is 10.0 Å². The van der Waals surface area contributed by atoms with E-state index in [-0.39, 0.29) is 5.75 Å². The average molecular weight is 474 g/mol. The van der Waals surface area contributed by atoms with E-state index < -0.39 is 5.96 Å². The first-order valence-electron chi connectivity index (χ1n) is 9.50. The van der Waals surface area contributed by atoms with Crippen LogP contribution in [0.3, 0.4) is 0 Å². The first-order chi connectivity index (χ1) is 14.4. The summed E-state index contributed by atoms with van der Waals surface area (Å²) < 4.78 is 0. The summed E-state index contributed by atoms with van der Waals surface area (Å²) in [5, 5.41) is 14.5. The maximum atomic E-state index is 10.8. The minimum atomic E-state index is -3.54. The van der Waals surface area contributed by atoms with Gasteiger partial charge in [0.2, 0.25) is 0 Å². The molecule has 1 N–H and O–H groups in total. The van der Waals surface area contributed by atoms with Gasteiger partial charge in [-0.1, -0.05) is 0 Å². The molecule has 4 rings (SSSR count). The van der Waals surface area contributed by atoms with E-state index in [1.54, 1.807) is 6.07 Å². The van der Waals surface area contributed by atoms with E-state index in [0.29, 0.717) is 21.8 Å². The monoisotopic (exact) mass is 472 g/mol. The summed E-state index contributed by atoms with van der Waals surface area (Å²) in [5.74, 6) is -3.46. The van der Waals surface area contributed by atoms with E-state index in [2.05, 4.69) is 36.4 Å². The second-order valence-electron chi connectivity index (χ2n) is 7.24. The Morgan fingerprint density at radius 2 is 0.967 bits per heavy atom. The number of hydrogen-bond acceptors (Lipinski definition) is 1. The van der Waals surface area contributed by atoms with Crippen molar-refractivity contribution in [3.05, 3.63) is 119 Å². The van der Waals surface area contributed by atoms with Crippen LogP contribution in [0.25, 0.3) is 0 Å². The van der Waals surface area contributed by atoms with Crippen molar-refractivity contribution >= 4 is 56.3 Å². The third-order valence-corrected chi connectivity index (χ3v) is 13.4.